The number of aliphatic imine (C=N–C) groups is 1. The van der Waals surface area contributed by atoms with E-state index in [4.69, 9.17) is 11.6 Å². The highest BCUT2D eigenvalue weighted by Crippen LogP contribution is 2.33. The topological polar surface area (TPSA) is 58.4 Å². The summed E-state index contributed by atoms with van der Waals surface area (Å²) in [7, 11) is 0. The number of nitrogens with zero attached hydrogens (tertiary/aromatic N) is 3. The predicted molar refractivity (Wildman–Crippen MR) is 82.0 cm³/mol. The van der Waals surface area contributed by atoms with Gasteiger partial charge in [-0.15, -0.1) is 11.8 Å². The number of aromatic nitrogens is 2. The maximum Gasteiger partial charge on any atom is 0.140 e. The smallest absolute Gasteiger partial charge is 0.140 e. The molecule has 1 aliphatic rings. The number of fused-ring (bicyclic) bond motifs is 1. The maximum atomic E-state index is 10.4. The van der Waals surface area contributed by atoms with E-state index in [1.165, 1.54) is 6.33 Å². The highest BCUT2D eigenvalue weighted by molar-refractivity contribution is 9.10. The Morgan fingerprint density at radius 3 is 2.95 bits per heavy atom. The fraction of sp³-hybridized carbons (Fsp3) is 0.250. The molecule has 19 heavy (non-hydrogen) atoms. The summed E-state index contributed by atoms with van der Waals surface area (Å²) in [6.07, 6.45) is 0.691. The number of benzene rings is 1. The fourth-order valence-electron chi connectivity index (χ4n) is 1.92. The van der Waals surface area contributed by atoms with Gasteiger partial charge in [0.15, 0.2) is 0 Å². The summed E-state index contributed by atoms with van der Waals surface area (Å²) in [6, 6.07) is 3.65. The van der Waals surface area contributed by atoms with Crippen molar-refractivity contribution < 1.29 is 5.11 Å². The second-order valence-corrected chi connectivity index (χ2v) is 6.35. The number of aliphatic hydroxyl groups is 1. The van der Waals surface area contributed by atoms with Crippen LogP contribution in [0.4, 0.5) is 0 Å². The third-order valence-corrected chi connectivity index (χ3v) is 4.87. The van der Waals surface area contributed by atoms with Crippen LogP contribution in [0.3, 0.4) is 0 Å². The number of hydrogen-bond acceptors (Lipinski definition) is 5. The number of halogens is 2. The van der Waals surface area contributed by atoms with Crippen molar-refractivity contribution in [3.05, 3.63) is 33.6 Å². The molecule has 0 spiro atoms. The highest BCUT2D eigenvalue weighted by Gasteiger charge is 2.22. The van der Waals surface area contributed by atoms with Crippen molar-refractivity contribution in [3.8, 4) is 0 Å². The molecule has 0 aliphatic carbocycles. The van der Waals surface area contributed by atoms with Crippen LogP contribution in [0.25, 0.3) is 10.9 Å². The van der Waals surface area contributed by atoms with E-state index < -0.39 is 6.10 Å². The van der Waals surface area contributed by atoms with E-state index in [9.17, 15) is 5.11 Å². The highest BCUT2D eigenvalue weighted by atomic mass is 79.9. The molecular formula is C12H9BrClN3OS. The zero-order chi connectivity index (χ0) is 13.4. The Bertz CT molecular complexity index is 679. The maximum absolute atomic E-state index is 10.4. The number of aliphatic hydroxyl groups excluding tert-OH is 1. The van der Waals surface area contributed by atoms with Gasteiger partial charge in [-0.05, 0) is 12.1 Å². The lowest BCUT2D eigenvalue weighted by atomic mass is 10.1. The number of thioether (sulfide) groups is 1. The zero-order valence-electron chi connectivity index (χ0n) is 9.68. The van der Waals surface area contributed by atoms with Gasteiger partial charge in [-0.1, -0.05) is 27.5 Å². The summed E-state index contributed by atoms with van der Waals surface area (Å²) in [4.78, 5) is 12.4. The summed E-state index contributed by atoms with van der Waals surface area (Å²) in [5.74, 6) is 0.922. The third-order valence-electron chi connectivity index (χ3n) is 2.84. The van der Waals surface area contributed by atoms with Crippen LogP contribution in [0, 0.1) is 0 Å². The summed E-state index contributed by atoms with van der Waals surface area (Å²) in [5, 5.41) is 12.3. The van der Waals surface area contributed by atoms with Gasteiger partial charge in [0, 0.05) is 27.7 Å². The van der Waals surface area contributed by atoms with E-state index in [0.717, 1.165) is 32.8 Å². The first-order valence-electron chi connectivity index (χ1n) is 5.61. The largest absolute Gasteiger partial charge is 0.381 e. The van der Waals surface area contributed by atoms with Crippen LogP contribution in [0.1, 0.15) is 11.7 Å². The summed E-state index contributed by atoms with van der Waals surface area (Å²) in [5.41, 5.74) is 1.45. The Kier molecular flexibility index (Phi) is 3.75. The molecule has 7 heteroatoms. The minimum atomic E-state index is -0.722. The first kappa shape index (κ1) is 13.3. The Morgan fingerprint density at radius 1 is 1.37 bits per heavy atom. The van der Waals surface area contributed by atoms with Gasteiger partial charge in [-0.3, -0.25) is 4.99 Å². The van der Waals surface area contributed by atoms with Gasteiger partial charge in [0.1, 0.15) is 22.6 Å². The molecule has 1 aromatic carbocycles. The van der Waals surface area contributed by atoms with Crippen LogP contribution in [0.5, 0.6) is 0 Å². The van der Waals surface area contributed by atoms with Gasteiger partial charge in [0.25, 0.3) is 0 Å². The van der Waals surface area contributed by atoms with Crippen LogP contribution in [-0.2, 0) is 0 Å². The molecule has 1 aliphatic heterocycles. The van der Waals surface area contributed by atoms with E-state index in [2.05, 4.69) is 30.9 Å². The van der Waals surface area contributed by atoms with Crippen LogP contribution in [0.15, 0.2) is 27.9 Å². The SMILES string of the molecule is OC(C1=NCCS1)c1cc2ncnc(Cl)c2cc1Br. The van der Waals surface area contributed by atoms with Crippen LogP contribution in [-0.4, -0.2) is 32.4 Å². The normalized spacial score (nSPS) is 16.7. The van der Waals surface area contributed by atoms with E-state index in [1.54, 1.807) is 11.8 Å². The molecule has 1 aromatic heterocycles. The first-order valence-corrected chi connectivity index (χ1v) is 7.77. The molecule has 3 rings (SSSR count). The molecule has 0 saturated carbocycles. The van der Waals surface area contributed by atoms with Crippen LogP contribution in [0.2, 0.25) is 5.15 Å². The van der Waals surface area contributed by atoms with E-state index in [0.29, 0.717) is 10.7 Å². The van der Waals surface area contributed by atoms with Gasteiger partial charge in [0.2, 0.25) is 0 Å². The van der Waals surface area contributed by atoms with Gasteiger partial charge < -0.3 is 5.11 Å². The average Bonchev–Trinajstić information content (AvgIpc) is 2.92. The first-order chi connectivity index (χ1) is 9.16. The average molecular weight is 359 g/mol. The summed E-state index contributed by atoms with van der Waals surface area (Å²) >= 11 is 11.1. The number of hydrogen-bond donors (Lipinski definition) is 1. The Labute approximate surface area is 127 Å². The van der Waals surface area contributed by atoms with E-state index >= 15 is 0 Å². The van der Waals surface area contributed by atoms with Gasteiger partial charge in [-0.2, -0.15) is 0 Å². The van der Waals surface area contributed by atoms with Crippen molar-refractivity contribution >= 4 is 55.2 Å². The van der Waals surface area contributed by atoms with Crippen molar-refractivity contribution in [2.75, 3.05) is 12.3 Å². The molecule has 98 valence electrons. The Morgan fingerprint density at radius 2 is 2.21 bits per heavy atom. The molecule has 1 N–H and O–H groups in total. The Hall–Kier alpha value is -0.690. The van der Waals surface area contributed by atoms with Gasteiger partial charge in [-0.25, -0.2) is 9.97 Å². The fourth-order valence-corrected chi connectivity index (χ4v) is 3.54. The lowest BCUT2D eigenvalue weighted by Crippen LogP contribution is -2.07. The van der Waals surface area contributed by atoms with Crippen LogP contribution < -0.4 is 0 Å². The minimum Gasteiger partial charge on any atom is -0.381 e. The Balaban J connectivity index is 2.11. The van der Waals surface area contributed by atoms with E-state index in [1.807, 2.05) is 12.1 Å². The van der Waals surface area contributed by atoms with Crippen molar-refractivity contribution in [1.82, 2.24) is 9.97 Å². The predicted octanol–water partition coefficient (Wildman–Crippen LogP) is 3.22. The molecule has 2 heterocycles. The van der Waals surface area contributed by atoms with Crippen molar-refractivity contribution in [1.29, 1.82) is 0 Å². The molecule has 2 aromatic rings. The second-order valence-electron chi connectivity index (χ2n) is 4.03. The molecule has 0 amide bonds. The summed E-state index contributed by atoms with van der Waals surface area (Å²) in [6.45, 7) is 0.760. The van der Waals surface area contributed by atoms with Crippen molar-refractivity contribution in [3.63, 3.8) is 0 Å². The molecule has 0 bridgehead atoms. The van der Waals surface area contributed by atoms with Crippen LogP contribution >= 0.6 is 39.3 Å². The zero-order valence-corrected chi connectivity index (χ0v) is 12.8. The molecule has 4 nitrogen and oxygen atoms in total. The lowest BCUT2D eigenvalue weighted by molar-refractivity contribution is 0.250. The second kappa shape index (κ2) is 5.36. The van der Waals surface area contributed by atoms with E-state index in [-0.39, 0.29) is 0 Å². The van der Waals surface area contributed by atoms with Crippen molar-refractivity contribution in [2.45, 2.75) is 6.10 Å². The lowest BCUT2D eigenvalue weighted by Gasteiger charge is -2.13. The summed E-state index contributed by atoms with van der Waals surface area (Å²) < 4.78 is 0.777. The monoisotopic (exact) mass is 357 g/mol. The minimum absolute atomic E-state index is 0.402. The molecule has 1 atom stereocenters. The molecular weight excluding hydrogens is 350 g/mol. The quantitative estimate of drug-likeness (QED) is 0.837. The molecule has 1 unspecified atom stereocenters. The van der Waals surface area contributed by atoms with Crippen molar-refractivity contribution in [2.24, 2.45) is 4.99 Å². The van der Waals surface area contributed by atoms with Gasteiger partial charge in [0.05, 0.1) is 5.52 Å². The molecule has 0 fully saturated rings. The number of rotatable bonds is 2. The van der Waals surface area contributed by atoms with Gasteiger partial charge >= 0.3 is 0 Å². The molecule has 0 radical (unpaired) electrons. The third kappa shape index (κ3) is 2.50. The molecule has 0 saturated heterocycles. The standard InChI is InChI=1S/C12H9BrClN3OS/c13-8-3-7-9(16-5-17-11(7)14)4-6(8)10(18)12-15-1-2-19-12/h3-5,10,18H,1-2H2.